The van der Waals surface area contributed by atoms with Crippen LogP contribution in [0.4, 0.5) is 5.69 Å². The SMILES string of the molecule is COc1cccc(NC(=O)C[NH+](C)[C@@H](C(=O)N2CCOCC2)c2ccccc2)c1. The number of anilines is 1. The van der Waals surface area contributed by atoms with Gasteiger partial charge in [-0.1, -0.05) is 36.4 Å². The number of nitrogens with one attached hydrogen (secondary N) is 2. The minimum atomic E-state index is -0.453. The lowest BCUT2D eigenvalue weighted by molar-refractivity contribution is -0.894. The van der Waals surface area contributed by atoms with Crippen LogP contribution in [0.1, 0.15) is 11.6 Å². The number of morpholine rings is 1. The minimum absolute atomic E-state index is 0.0196. The van der Waals surface area contributed by atoms with Crippen LogP contribution in [-0.2, 0) is 14.3 Å². The third kappa shape index (κ3) is 5.56. The number of methoxy groups -OCH3 is 1. The van der Waals surface area contributed by atoms with Crippen molar-refractivity contribution in [2.45, 2.75) is 6.04 Å². The van der Waals surface area contributed by atoms with Gasteiger partial charge < -0.3 is 24.6 Å². The molecule has 0 radical (unpaired) electrons. The van der Waals surface area contributed by atoms with Gasteiger partial charge in [0, 0.05) is 30.4 Å². The lowest BCUT2D eigenvalue weighted by Gasteiger charge is -2.32. The highest BCUT2D eigenvalue weighted by atomic mass is 16.5. The number of rotatable bonds is 7. The highest BCUT2D eigenvalue weighted by Crippen LogP contribution is 2.17. The van der Waals surface area contributed by atoms with Gasteiger partial charge in [-0.2, -0.15) is 0 Å². The summed E-state index contributed by atoms with van der Waals surface area (Å²) in [5.74, 6) is 0.533. The molecule has 1 unspecified atom stereocenters. The van der Waals surface area contributed by atoms with Gasteiger partial charge in [-0.15, -0.1) is 0 Å². The van der Waals surface area contributed by atoms with Crippen molar-refractivity contribution in [1.29, 1.82) is 0 Å². The molecule has 0 aromatic heterocycles. The predicted octanol–water partition coefficient (Wildman–Crippen LogP) is 0.749. The summed E-state index contributed by atoms with van der Waals surface area (Å²) in [6.07, 6.45) is 0. The Labute approximate surface area is 171 Å². The molecule has 1 aliphatic heterocycles. The van der Waals surface area contributed by atoms with E-state index in [2.05, 4.69) is 5.32 Å². The van der Waals surface area contributed by atoms with Crippen LogP contribution in [-0.4, -0.2) is 63.7 Å². The van der Waals surface area contributed by atoms with E-state index in [0.29, 0.717) is 37.7 Å². The van der Waals surface area contributed by atoms with Gasteiger partial charge >= 0.3 is 0 Å². The molecular weight excluding hydrogens is 370 g/mol. The summed E-state index contributed by atoms with van der Waals surface area (Å²) in [7, 11) is 3.46. The molecule has 29 heavy (non-hydrogen) atoms. The molecule has 1 heterocycles. The number of hydrogen-bond donors (Lipinski definition) is 2. The maximum Gasteiger partial charge on any atom is 0.285 e. The van der Waals surface area contributed by atoms with Crippen LogP contribution in [0, 0.1) is 0 Å². The zero-order valence-corrected chi connectivity index (χ0v) is 16.9. The van der Waals surface area contributed by atoms with Crippen LogP contribution >= 0.6 is 0 Å². The lowest BCUT2D eigenvalue weighted by atomic mass is 10.0. The van der Waals surface area contributed by atoms with Crippen molar-refractivity contribution in [1.82, 2.24) is 4.90 Å². The largest absolute Gasteiger partial charge is 0.497 e. The summed E-state index contributed by atoms with van der Waals surface area (Å²) in [4.78, 5) is 28.5. The highest BCUT2D eigenvalue weighted by molar-refractivity contribution is 5.92. The monoisotopic (exact) mass is 398 g/mol. The van der Waals surface area contributed by atoms with Crippen LogP contribution in [0.5, 0.6) is 5.75 Å². The second-order valence-corrected chi connectivity index (χ2v) is 7.08. The Hall–Kier alpha value is -2.90. The second-order valence-electron chi connectivity index (χ2n) is 7.08. The number of carbonyl (C=O) groups is 2. The Morgan fingerprint density at radius 3 is 2.55 bits per heavy atom. The first-order valence-corrected chi connectivity index (χ1v) is 9.76. The van der Waals surface area contributed by atoms with Gasteiger partial charge in [-0.25, -0.2) is 0 Å². The highest BCUT2D eigenvalue weighted by Gasteiger charge is 2.34. The molecule has 2 aromatic carbocycles. The maximum absolute atomic E-state index is 13.3. The van der Waals surface area contributed by atoms with Gasteiger partial charge in [0.15, 0.2) is 12.6 Å². The van der Waals surface area contributed by atoms with E-state index in [4.69, 9.17) is 9.47 Å². The fourth-order valence-corrected chi connectivity index (χ4v) is 3.51. The number of quaternary nitrogens is 1. The first kappa shape index (κ1) is 20.8. The molecule has 7 nitrogen and oxygen atoms in total. The molecule has 2 N–H and O–H groups in total. The zero-order chi connectivity index (χ0) is 20.6. The predicted molar refractivity (Wildman–Crippen MR) is 110 cm³/mol. The van der Waals surface area contributed by atoms with Gasteiger partial charge in [-0.05, 0) is 12.1 Å². The Kier molecular flexibility index (Phi) is 7.21. The molecule has 0 spiro atoms. The molecule has 1 saturated heterocycles. The number of carbonyl (C=O) groups excluding carboxylic acids is 2. The van der Waals surface area contributed by atoms with Crippen molar-refractivity contribution in [3.05, 3.63) is 60.2 Å². The summed E-state index contributed by atoms with van der Waals surface area (Å²) in [5.41, 5.74) is 1.56. The Balaban J connectivity index is 1.72. The molecule has 2 atom stereocenters. The Morgan fingerprint density at radius 2 is 1.86 bits per heavy atom. The Morgan fingerprint density at radius 1 is 1.14 bits per heavy atom. The van der Waals surface area contributed by atoms with Crippen molar-refractivity contribution in [3.8, 4) is 5.75 Å². The van der Waals surface area contributed by atoms with Gasteiger partial charge in [-0.3, -0.25) is 9.59 Å². The third-order valence-corrected chi connectivity index (χ3v) is 4.99. The van der Waals surface area contributed by atoms with Gasteiger partial charge in [0.25, 0.3) is 11.8 Å². The molecule has 1 fully saturated rings. The van der Waals surface area contributed by atoms with E-state index < -0.39 is 6.04 Å². The molecule has 0 bridgehead atoms. The third-order valence-electron chi connectivity index (χ3n) is 4.99. The average molecular weight is 398 g/mol. The van der Waals surface area contributed by atoms with E-state index in [0.717, 1.165) is 10.5 Å². The molecule has 0 saturated carbocycles. The molecule has 7 heteroatoms. The first-order valence-electron chi connectivity index (χ1n) is 9.76. The van der Waals surface area contributed by atoms with E-state index in [1.807, 2.05) is 60.5 Å². The van der Waals surface area contributed by atoms with E-state index in [1.165, 1.54) is 0 Å². The average Bonchev–Trinajstić information content (AvgIpc) is 2.75. The van der Waals surface area contributed by atoms with Gasteiger partial charge in [0.1, 0.15) is 5.75 Å². The van der Waals surface area contributed by atoms with Crippen molar-refractivity contribution >= 4 is 17.5 Å². The van der Waals surface area contributed by atoms with E-state index >= 15 is 0 Å². The second kappa shape index (κ2) is 10.0. The quantitative estimate of drug-likeness (QED) is 0.722. The first-order chi connectivity index (χ1) is 14.1. The zero-order valence-electron chi connectivity index (χ0n) is 16.9. The summed E-state index contributed by atoms with van der Waals surface area (Å²) < 4.78 is 10.6. The van der Waals surface area contributed by atoms with Crippen LogP contribution in [0.2, 0.25) is 0 Å². The minimum Gasteiger partial charge on any atom is -0.497 e. The van der Waals surface area contributed by atoms with Gasteiger partial charge in [0.05, 0.1) is 27.4 Å². The summed E-state index contributed by atoms with van der Waals surface area (Å²) in [6.45, 7) is 2.40. The van der Waals surface area contributed by atoms with Crippen molar-refractivity contribution in [2.24, 2.45) is 0 Å². The molecular formula is C22H28N3O4+. The smallest absolute Gasteiger partial charge is 0.285 e. The van der Waals surface area contributed by atoms with Crippen LogP contribution in [0.15, 0.2) is 54.6 Å². The molecule has 3 rings (SSSR count). The van der Waals surface area contributed by atoms with Gasteiger partial charge in [0.2, 0.25) is 0 Å². The number of amides is 2. The van der Waals surface area contributed by atoms with Crippen LogP contribution in [0.3, 0.4) is 0 Å². The number of benzene rings is 2. The number of likely N-dealkylation sites (N-methyl/N-ethyl adjacent to an activating group) is 1. The molecule has 154 valence electrons. The fourth-order valence-electron chi connectivity index (χ4n) is 3.51. The number of ether oxygens (including phenoxy) is 2. The van der Waals surface area contributed by atoms with E-state index in [1.54, 1.807) is 13.2 Å². The maximum atomic E-state index is 13.3. The standard InChI is InChI=1S/C22H27N3O4/c1-24(16-20(26)23-18-9-6-10-19(15-18)28-2)21(17-7-4-3-5-8-17)22(27)25-11-13-29-14-12-25/h3-10,15,21H,11-14,16H2,1-2H3,(H,23,26)/p+1/t21-/m1/s1. The van der Waals surface area contributed by atoms with E-state index in [-0.39, 0.29) is 18.4 Å². The summed E-state index contributed by atoms with van der Waals surface area (Å²) in [5, 5.41) is 2.89. The fraction of sp³-hybridized carbons (Fsp3) is 0.364. The number of hydrogen-bond acceptors (Lipinski definition) is 4. The summed E-state index contributed by atoms with van der Waals surface area (Å²) >= 11 is 0. The molecule has 1 aliphatic rings. The van der Waals surface area contributed by atoms with Crippen LogP contribution in [0.25, 0.3) is 0 Å². The lowest BCUT2D eigenvalue weighted by Crippen LogP contribution is -3.11. The molecule has 2 aromatic rings. The van der Waals surface area contributed by atoms with Crippen molar-refractivity contribution in [2.75, 3.05) is 52.3 Å². The Bertz CT molecular complexity index is 822. The van der Waals surface area contributed by atoms with Crippen LogP contribution < -0.4 is 15.0 Å². The topological polar surface area (TPSA) is 72.3 Å². The van der Waals surface area contributed by atoms with Crippen molar-refractivity contribution < 1.29 is 24.0 Å². The normalized spacial score (nSPS) is 16.0. The molecule has 2 amide bonds. The number of nitrogens with zero attached hydrogens (tertiary/aromatic N) is 1. The van der Waals surface area contributed by atoms with Crippen molar-refractivity contribution in [3.63, 3.8) is 0 Å². The molecule has 0 aliphatic carbocycles. The van der Waals surface area contributed by atoms with E-state index in [9.17, 15) is 9.59 Å². The summed E-state index contributed by atoms with van der Waals surface area (Å²) in [6, 6.07) is 16.4.